The molecule has 110 valence electrons. The first-order valence-corrected chi connectivity index (χ1v) is 7.58. The highest BCUT2D eigenvalue weighted by Gasteiger charge is 2.17. The van der Waals surface area contributed by atoms with Gasteiger partial charge in [-0.15, -0.1) is 10.2 Å². The molecule has 21 heavy (non-hydrogen) atoms. The monoisotopic (exact) mass is 305 g/mol. The normalized spacial score (nSPS) is 11.3. The van der Waals surface area contributed by atoms with E-state index in [9.17, 15) is 4.39 Å². The van der Waals surface area contributed by atoms with E-state index in [1.54, 1.807) is 6.07 Å². The van der Waals surface area contributed by atoms with E-state index >= 15 is 0 Å². The largest absolute Gasteiger partial charge is 0.416 e. The van der Waals surface area contributed by atoms with E-state index in [1.165, 1.54) is 23.9 Å². The molecule has 0 aliphatic rings. The Morgan fingerprint density at radius 1 is 1.38 bits per heavy atom. The zero-order chi connectivity index (χ0) is 15.3. The van der Waals surface area contributed by atoms with Crippen LogP contribution in [0.3, 0.4) is 0 Å². The van der Waals surface area contributed by atoms with Crippen LogP contribution >= 0.6 is 11.8 Å². The molecule has 1 aromatic heterocycles. The zero-order valence-electron chi connectivity index (χ0n) is 12.0. The minimum Gasteiger partial charge on any atom is -0.416 e. The summed E-state index contributed by atoms with van der Waals surface area (Å²) in [5.41, 5.74) is 0.443. The molecule has 1 aromatic carbocycles. The lowest BCUT2D eigenvalue weighted by molar-refractivity contribution is 0.418. The van der Waals surface area contributed by atoms with Crippen molar-refractivity contribution in [1.29, 1.82) is 5.26 Å². The Morgan fingerprint density at radius 3 is 2.90 bits per heavy atom. The van der Waals surface area contributed by atoms with Gasteiger partial charge in [0, 0.05) is 5.75 Å². The number of aromatic nitrogens is 2. The second-order valence-corrected chi connectivity index (χ2v) is 6.41. The molecule has 0 fully saturated rings. The van der Waals surface area contributed by atoms with Gasteiger partial charge in [0.05, 0.1) is 17.9 Å². The molecule has 0 amide bonds. The third-order valence-corrected chi connectivity index (χ3v) is 3.77. The van der Waals surface area contributed by atoms with Crippen LogP contribution in [-0.4, -0.2) is 16.0 Å². The van der Waals surface area contributed by atoms with Crippen molar-refractivity contribution in [2.75, 3.05) is 5.75 Å². The summed E-state index contributed by atoms with van der Waals surface area (Å²) in [6.07, 6.45) is 1.16. The summed E-state index contributed by atoms with van der Waals surface area (Å²) in [5.74, 6) is 0.922. The number of rotatable bonds is 6. The van der Waals surface area contributed by atoms with E-state index in [0.717, 1.165) is 17.7 Å². The second kappa shape index (κ2) is 6.72. The first-order chi connectivity index (χ1) is 9.98. The number of hydrogen-bond donors (Lipinski definition) is 0. The van der Waals surface area contributed by atoms with Crippen LogP contribution in [-0.2, 0) is 6.42 Å². The van der Waals surface area contributed by atoms with Gasteiger partial charge in [0.15, 0.2) is 0 Å². The van der Waals surface area contributed by atoms with Crippen LogP contribution in [0.15, 0.2) is 33.9 Å². The Balaban J connectivity index is 1.89. The summed E-state index contributed by atoms with van der Waals surface area (Å²) in [6, 6.07) is 8.57. The molecule has 0 aliphatic heterocycles. The summed E-state index contributed by atoms with van der Waals surface area (Å²) >= 11 is 1.43. The van der Waals surface area contributed by atoms with E-state index < -0.39 is 0 Å². The minimum atomic E-state index is -0.350. The van der Waals surface area contributed by atoms with E-state index in [1.807, 2.05) is 19.9 Å². The third kappa shape index (κ3) is 4.87. The molecule has 0 N–H and O–H groups in total. The van der Waals surface area contributed by atoms with Crippen LogP contribution in [0, 0.1) is 22.6 Å². The van der Waals surface area contributed by atoms with Crippen LogP contribution in [0.5, 0.6) is 0 Å². The average Bonchev–Trinajstić information content (AvgIpc) is 2.86. The topological polar surface area (TPSA) is 62.7 Å². The average molecular weight is 305 g/mol. The molecular formula is C15H16FN3OS. The standard InChI is InChI=1S/C15H16FN3OS/c1-15(2,10-17)6-7-21-14-19-18-13(20-14)9-11-4-3-5-12(16)8-11/h3-5,8H,6-7,9H2,1-2H3. The van der Waals surface area contributed by atoms with Gasteiger partial charge in [-0.1, -0.05) is 23.9 Å². The highest BCUT2D eigenvalue weighted by molar-refractivity contribution is 7.99. The Hall–Kier alpha value is -1.87. The maximum Gasteiger partial charge on any atom is 0.276 e. The Morgan fingerprint density at radius 2 is 2.19 bits per heavy atom. The lowest BCUT2D eigenvalue weighted by Crippen LogP contribution is -2.08. The van der Waals surface area contributed by atoms with Crippen LogP contribution in [0.2, 0.25) is 0 Å². The minimum absolute atomic E-state index is 0.277. The first kappa shape index (κ1) is 15.5. The van der Waals surface area contributed by atoms with Crippen molar-refractivity contribution >= 4 is 11.8 Å². The Bertz CT molecular complexity index is 648. The molecule has 0 saturated carbocycles. The predicted octanol–water partition coefficient (Wildman–Crippen LogP) is 3.83. The van der Waals surface area contributed by atoms with Crippen molar-refractivity contribution in [1.82, 2.24) is 10.2 Å². The van der Waals surface area contributed by atoms with Gasteiger partial charge in [-0.2, -0.15) is 5.26 Å². The lowest BCUT2D eigenvalue weighted by atomic mass is 9.93. The Kier molecular flexibility index (Phi) is 4.97. The fourth-order valence-electron chi connectivity index (χ4n) is 1.64. The maximum absolute atomic E-state index is 13.1. The smallest absolute Gasteiger partial charge is 0.276 e. The van der Waals surface area contributed by atoms with Gasteiger partial charge in [-0.3, -0.25) is 0 Å². The molecule has 0 unspecified atom stereocenters. The molecule has 4 nitrogen and oxygen atoms in total. The molecule has 1 heterocycles. The van der Waals surface area contributed by atoms with Gasteiger partial charge in [0.1, 0.15) is 5.82 Å². The van der Waals surface area contributed by atoms with Crippen molar-refractivity contribution < 1.29 is 8.81 Å². The predicted molar refractivity (Wildman–Crippen MR) is 78.2 cm³/mol. The van der Waals surface area contributed by atoms with E-state index in [4.69, 9.17) is 9.68 Å². The second-order valence-electron chi connectivity index (χ2n) is 5.36. The maximum atomic E-state index is 13.1. The fourth-order valence-corrected chi connectivity index (χ4v) is 2.68. The van der Waals surface area contributed by atoms with Crippen LogP contribution in [0.25, 0.3) is 0 Å². The van der Waals surface area contributed by atoms with E-state index in [-0.39, 0.29) is 11.2 Å². The number of nitrogens with zero attached hydrogens (tertiary/aromatic N) is 3. The lowest BCUT2D eigenvalue weighted by Gasteiger charge is -2.12. The zero-order valence-corrected chi connectivity index (χ0v) is 12.8. The van der Waals surface area contributed by atoms with Gasteiger partial charge in [0.25, 0.3) is 5.22 Å². The number of benzene rings is 1. The van der Waals surface area contributed by atoms with Crippen LogP contribution in [0.1, 0.15) is 31.7 Å². The molecule has 0 spiro atoms. The van der Waals surface area contributed by atoms with Gasteiger partial charge in [-0.25, -0.2) is 4.39 Å². The summed E-state index contributed by atoms with van der Waals surface area (Å²) in [6.45, 7) is 3.80. The van der Waals surface area contributed by atoms with Crippen molar-refractivity contribution in [3.63, 3.8) is 0 Å². The van der Waals surface area contributed by atoms with E-state index in [2.05, 4.69) is 16.3 Å². The molecule has 6 heteroatoms. The van der Waals surface area contributed by atoms with E-state index in [0.29, 0.717) is 17.5 Å². The highest BCUT2D eigenvalue weighted by Crippen LogP contribution is 2.25. The highest BCUT2D eigenvalue weighted by atomic mass is 32.2. The van der Waals surface area contributed by atoms with Crippen molar-refractivity contribution in [3.05, 3.63) is 41.5 Å². The van der Waals surface area contributed by atoms with Crippen molar-refractivity contribution in [2.45, 2.75) is 31.9 Å². The SMILES string of the molecule is CC(C)(C#N)CCSc1nnc(Cc2cccc(F)c2)o1. The number of hydrogen-bond acceptors (Lipinski definition) is 5. The molecule has 0 atom stereocenters. The molecule has 0 radical (unpaired) electrons. The van der Waals surface area contributed by atoms with Crippen LogP contribution < -0.4 is 0 Å². The van der Waals surface area contributed by atoms with Crippen LogP contribution in [0.4, 0.5) is 4.39 Å². The number of thioether (sulfide) groups is 1. The summed E-state index contributed by atoms with van der Waals surface area (Å²) < 4.78 is 18.6. The van der Waals surface area contributed by atoms with Gasteiger partial charge >= 0.3 is 0 Å². The summed E-state index contributed by atoms with van der Waals surface area (Å²) in [5, 5.41) is 17.3. The van der Waals surface area contributed by atoms with Gasteiger partial charge in [-0.05, 0) is 38.0 Å². The molecule has 2 rings (SSSR count). The Labute approximate surface area is 127 Å². The summed E-state index contributed by atoms with van der Waals surface area (Å²) in [4.78, 5) is 0. The quantitative estimate of drug-likeness (QED) is 0.759. The molecule has 2 aromatic rings. The molecule has 0 saturated heterocycles. The van der Waals surface area contributed by atoms with Gasteiger partial charge < -0.3 is 4.42 Å². The summed E-state index contributed by atoms with van der Waals surface area (Å²) in [7, 11) is 0. The van der Waals surface area contributed by atoms with Gasteiger partial charge in [0.2, 0.25) is 5.89 Å². The molecule has 0 bridgehead atoms. The van der Waals surface area contributed by atoms with Crippen molar-refractivity contribution in [3.8, 4) is 6.07 Å². The number of halogens is 1. The number of nitriles is 1. The molecule has 0 aliphatic carbocycles. The fraction of sp³-hybridized carbons (Fsp3) is 0.400. The molecular weight excluding hydrogens is 289 g/mol. The third-order valence-electron chi connectivity index (χ3n) is 2.95. The first-order valence-electron chi connectivity index (χ1n) is 6.59. The van der Waals surface area contributed by atoms with Crippen molar-refractivity contribution in [2.24, 2.45) is 5.41 Å².